The Labute approximate surface area is 94.8 Å². The van der Waals surface area contributed by atoms with Gasteiger partial charge in [-0.25, -0.2) is 4.79 Å². The molecule has 3 atom stereocenters. The van der Waals surface area contributed by atoms with Gasteiger partial charge in [-0.15, -0.1) is 0 Å². The zero-order chi connectivity index (χ0) is 11.3. The third kappa shape index (κ3) is 1.14. The third-order valence-electron chi connectivity index (χ3n) is 4.69. The molecule has 0 spiro atoms. The van der Waals surface area contributed by atoms with Crippen molar-refractivity contribution in [3.05, 3.63) is 11.6 Å². The maximum Gasteiger partial charge on any atom is 0.334 e. The molecule has 0 radical (unpaired) electrons. The van der Waals surface area contributed by atoms with Gasteiger partial charge in [-0.2, -0.15) is 0 Å². The highest BCUT2D eigenvalue weighted by atomic mass is 16.5. The molecule has 0 aromatic heterocycles. The number of ether oxygens (including phenoxy) is 1. The summed E-state index contributed by atoms with van der Waals surface area (Å²) in [6.07, 6.45) is 5.39. The Kier molecular flexibility index (Phi) is 2.00. The number of fused-ring (bicyclic) bond motifs is 3. The molecule has 1 aliphatic heterocycles. The molecule has 3 heteroatoms. The van der Waals surface area contributed by atoms with E-state index in [1.54, 1.807) is 0 Å². The minimum Gasteiger partial charge on any atom is -0.462 e. The second kappa shape index (κ2) is 3.19. The molecule has 16 heavy (non-hydrogen) atoms. The second-order valence-electron chi connectivity index (χ2n) is 5.42. The van der Waals surface area contributed by atoms with Gasteiger partial charge in [0.05, 0.1) is 6.61 Å². The molecule has 0 N–H and O–H groups in total. The Morgan fingerprint density at radius 2 is 2.19 bits per heavy atom. The Balaban J connectivity index is 2.03. The van der Waals surface area contributed by atoms with Crippen LogP contribution in [0.5, 0.6) is 0 Å². The quantitative estimate of drug-likeness (QED) is 0.585. The number of cyclic esters (lactones) is 1. The van der Waals surface area contributed by atoms with E-state index in [0.29, 0.717) is 18.8 Å². The van der Waals surface area contributed by atoms with Gasteiger partial charge in [-0.05, 0) is 24.7 Å². The van der Waals surface area contributed by atoms with E-state index in [0.717, 1.165) is 24.8 Å². The molecule has 86 valence electrons. The number of esters is 1. The number of hydrogen-bond acceptors (Lipinski definition) is 3. The number of hydrogen-bond donors (Lipinski definition) is 0. The van der Waals surface area contributed by atoms with Gasteiger partial charge in [-0.1, -0.05) is 13.0 Å². The highest BCUT2D eigenvalue weighted by Crippen LogP contribution is 2.53. The van der Waals surface area contributed by atoms with Gasteiger partial charge in [0, 0.05) is 23.8 Å². The summed E-state index contributed by atoms with van der Waals surface area (Å²) in [5.41, 5.74) is 0.791. The van der Waals surface area contributed by atoms with Crippen LogP contribution >= 0.6 is 0 Å². The largest absolute Gasteiger partial charge is 0.462 e. The van der Waals surface area contributed by atoms with Crippen LogP contribution in [0, 0.1) is 17.3 Å². The zero-order valence-corrected chi connectivity index (χ0v) is 9.49. The Morgan fingerprint density at radius 3 is 3.00 bits per heavy atom. The van der Waals surface area contributed by atoms with Gasteiger partial charge < -0.3 is 4.74 Å². The summed E-state index contributed by atoms with van der Waals surface area (Å²) < 4.78 is 5.13. The molecule has 1 heterocycles. The Hall–Kier alpha value is -1.12. The molecular weight excluding hydrogens is 204 g/mol. The van der Waals surface area contributed by atoms with E-state index in [9.17, 15) is 9.59 Å². The fourth-order valence-corrected chi connectivity index (χ4v) is 3.67. The molecule has 0 aromatic rings. The van der Waals surface area contributed by atoms with Crippen LogP contribution in [0.25, 0.3) is 0 Å². The van der Waals surface area contributed by atoms with E-state index in [-0.39, 0.29) is 23.2 Å². The summed E-state index contributed by atoms with van der Waals surface area (Å²) in [7, 11) is 0. The van der Waals surface area contributed by atoms with Crippen LogP contribution in [0.2, 0.25) is 0 Å². The van der Waals surface area contributed by atoms with Crippen molar-refractivity contribution < 1.29 is 14.3 Å². The standard InChI is InChI=1S/C13H16O3/c1-13-6-2-3-11(14)9(13)5-4-8-10(13)7-16-12(8)15/h4,9-10H,2-3,5-7H2,1H3/t9-,10-,13-/m0/s1. The first-order chi connectivity index (χ1) is 7.63. The molecule has 1 saturated heterocycles. The molecule has 2 fully saturated rings. The predicted octanol–water partition coefficient (Wildman–Crippen LogP) is 1.86. The lowest BCUT2D eigenvalue weighted by Gasteiger charge is -2.46. The van der Waals surface area contributed by atoms with E-state index < -0.39 is 0 Å². The van der Waals surface area contributed by atoms with Crippen molar-refractivity contribution in [1.29, 1.82) is 0 Å². The van der Waals surface area contributed by atoms with Crippen LogP contribution in [0.15, 0.2) is 11.6 Å². The number of allylic oxidation sites excluding steroid dienone is 1. The van der Waals surface area contributed by atoms with E-state index in [2.05, 4.69) is 6.92 Å². The lowest BCUT2D eigenvalue weighted by atomic mass is 9.56. The normalized spacial score (nSPS) is 42.2. The molecule has 0 bridgehead atoms. The molecule has 0 aromatic carbocycles. The number of carbonyl (C=O) groups is 2. The monoisotopic (exact) mass is 220 g/mol. The SMILES string of the molecule is C[C@]12CCCC(=O)[C@@H]1CC=C1C(=O)OC[C@@H]12. The van der Waals surface area contributed by atoms with Gasteiger partial charge in [0.25, 0.3) is 0 Å². The fraction of sp³-hybridized carbons (Fsp3) is 0.692. The number of carbonyl (C=O) groups excluding carboxylic acids is 2. The summed E-state index contributed by atoms with van der Waals surface area (Å²) in [4.78, 5) is 23.5. The summed E-state index contributed by atoms with van der Waals surface area (Å²) in [5, 5.41) is 0. The number of rotatable bonds is 0. The van der Waals surface area contributed by atoms with Crippen molar-refractivity contribution in [2.24, 2.45) is 17.3 Å². The smallest absolute Gasteiger partial charge is 0.334 e. The van der Waals surface area contributed by atoms with Crippen molar-refractivity contribution in [2.75, 3.05) is 6.61 Å². The van der Waals surface area contributed by atoms with Crippen LogP contribution in [0.3, 0.4) is 0 Å². The van der Waals surface area contributed by atoms with Crippen molar-refractivity contribution in [1.82, 2.24) is 0 Å². The van der Waals surface area contributed by atoms with Crippen LogP contribution in [-0.2, 0) is 14.3 Å². The van der Waals surface area contributed by atoms with Gasteiger partial charge in [0.2, 0.25) is 0 Å². The number of ketones is 1. The van der Waals surface area contributed by atoms with E-state index in [1.807, 2.05) is 6.08 Å². The average Bonchev–Trinajstić information content (AvgIpc) is 2.61. The lowest BCUT2D eigenvalue weighted by molar-refractivity contribution is -0.135. The summed E-state index contributed by atoms with van der Waals surface area (Å²) in [6.45, 7) is 2.64. The maximum atomic E-state index is 11.9. The van der Waals surface area contributed by atoms with Gasteiger partial charge in [-0.3, -0.25) is 4.79 Å². The highest BCUT2D eigenvalue weighted by Gasteiger charge is 2.53. The topological polar surface area (TPSA) is 43.4 Å². The molecule has 3 aliphatic rings. The fourth-order valence-electron chi connectivity index (χ4n) is 3.67. The van der Waals surface area contributed by atoms with Crippen LogP contribution < -0.4 is 0 Å². The first kappa shape index (κ1) is 10.1. The molecular formula is C13H16O3. The average molecular weight is 220 g/mol. The minimum absolute atomic E-state index is 0.0361. The first-order valence-electron chi connectivity index (χ1n) is 6.03. The second-order valence-corrected chi connectivity index (χ2v) is 5.42. The summed E-state index contributed by atoms with van der Waals surface area (Å²) in [6, 6.07) is 0. The van der Waals surface area contributed by atoms with E-state index in [1.165, 1.54) is 0 Å². The third-order valence-corrected chi connectivity index (χ3v) is 4.69. The van der Waals surface area contributed by atoms with E-state index in [4.69, 9.17) is 4.74 Å². The molecule has 3 nitrogen and oxygen atoms in total. The Bertz CT molecular complexity index is 396. The highest BCUT2D eigenvalue weighted by molar-refractivity contribution is 5.93. The first-order valence-corrected chi connectivity index (χ1v) is 6.03. The summed E-state index contributed by atoms with van der Waals surface area (Å²) >= 11 is 0. The van der Waals surface area contributed by atoms with Gasteiger partial charge >= 0.3 is 5.97 Å². The molecule has 2 aliphatic carbocycles. The van der Waals surface area contributed by atoms with E-state index >= 15 is 0 Å². The molecule has 0 amide bonds. The van der Waals surface area contributed by atoms with Crippen molar-refractivity contribution in [3.63, 3.8) is 0 Å². The molecule has 1 saturated carbocycles. The summed E-state index contributed by atoms with van der Waals surface area (Å²) in [5.74, 6) is 0.485. The van der Waals surface area contributed by atoms with Crippen LogP contribution in [-0.4, -0.2) is 18.4 Å². The number of Topliss-reactive ketones (excluding diaryl/α,β-unsaturated/α-hetero) is 1. The van der Waals surface area contributed by atoms with Gasteiger partial charge in [0.15, 0.2) is 0 Å². The van der Waals surface area contributed by atoms with Crippen molar-refractivity contribution in [2.45, 2.75) is 32.6 Å². The Morgan fingerprint density at radius 1 is 1.38 bits per heavy atom. The van der Waals surface area contributed by atoms with Crippen molar-refractivity contribution >= 4 is 11.8 Å². The maximum absolute atomic E-state index is 11.9. The zero-order valence-electron chi connectivity index (χ0n) is 9.49. The lowest BCUT2D eigenvalue weighted by Crippen LogP contribution is -2.45. The van der Waals surface area contributed by atoms with Crippen molar-refractivity contribution in [3.8, 4) is 0 Å². The van der Waals surface area contributed by atoms with Gasteiger partial charge in [0.1, 0.15) is 5.78 Å². The predicted molar refractivity (Wildman–Crippen MR) is 57.6 cm³/mol. The molecule has 3 rings (SSSR count). The minimum atomic E-state index is -0.164. The van der Waals surface area contributed by atoms with Crippen LogP contribution in [0.1, 0.15) is 32.6 Å². The molecule has 0 unspecified atom stereocenters. The van der Waals surface area contributed by atoms with Crippen LogP contribution in [0.4, 0.5) is 0 Å².